The van der Waals surface area contributed by atoms with Gasteiger partial charge in [-0.15, -0.1) is 0 Å². The Kier molecular flexibility index (Phi) is 8.09. The van der Waals surface area contributed by atoms with Crippen LogP contribution in [0.5, 0.6) is 0 Å². The predicted octanol–water partition coefficient (Wildman–Crippen LogP) is 8.79. The van der Waals surface area contributed by atoms with Crippen LogP contribution in [-0.4, -0.2) is 34.6 Å². The standard InChI is InChI=1S/C35H38F2N4O3/c1-20-10-8-11-21(2)29(20)23-16-24(18-28(17-23)41(7)33(43)44-34(4,5)6)31-38-22(3)30(40-31)32(42)39-27-13-9-12-26(19-27)35(36,37)25-14-15-25/h8-13,16-19,25H,14-15H2,1-7H3,(H,38,40)(H,39,42). The summed E-state index contributed by atoms with van der Waals surface area (Å²) in [6.07, 6.45) is 0.490. The third-order valence-corrected chi connectivity index (χ3v) is 7.71. The van der Waals surface area contributed by atoms with E-state index in [-0.39, 0.29) is 16.9 Å². The molecule has 0 bridgehead atoms. The Morgan fingerprint density at radius 3 is 2.23 bits per heavy atom. The van der Waals surface area contributed by atoms with Crippen LogP contribution in [0.1, 0.15) is 66.5 Å². The maximum atomic E-state index is 14.7. The molecule has 1 aromatic heterocycles. The highest BCUT2D eigenvalue weighted by Gasteiger charge is 2.48. The second kappa shape index (κ2) is 11.5. The van der Waals surface area contributed by atoms with Crippen LogP contribution in [0.25, 0.3) is 22.5 Å². The van der Waals surface area contributed by atoms with Crippen molar-refractivity contribution < 1.29 is 23.1 Å². The van der Waals surface area contributed by atoms with Gasteiger partial charge in [0.1, 0.15) is 17.1 Å². The lowest BCUT2D eigenvalue weighted by Crippen LogP contribution is -2.34. The second-order valence-electron chi connectivity index (χ2n) is 12.6. The molecule has 0 atom stereocenters. The lowest BCUT2D eigenvalue weighted by molar-refractivity contribution is -0.0285. The van der Waals surface area contributed by atoms with E-state index >= 15 is 0 Å². The monoisotopic (exact) mass is 600 g/mol. The van der Waals surface area contributed by atoms with E-state index < -0.39 is 29.4 Å². The number of anilines is 2. The number of amides is 2. The average molecular weight is 601 g/mol. The number of alkyl halides is 2. The Labute approximate surface area is 256 Å². The van der Waals surface area contributed by atoms with E-state index in [2.05, 4.69) is 15.3 Å². The topological polar surface area (TPSA) is 87.3 Å². The van der Waals surface area contributed by atoms with E-state index in [1.165, 1.54) is 23.1 Å². The van der Waals surface area contributed by atoms with E-state index in [0.717, 1.165) is 22.3 Å². The van der Waals surface area contributed by atoms with Gasteiger partial charge in [0.15, 0.2) is 0 Å². The number of rotatable bonds is 7. The van der Waals surface area contributed by atoms with Gasteiger partial charge in [-0.05, 0) is 107 Å². The maximum Gasteiger partial charge on any atom is 0.414 e. The Balaban J connectivity index is 1.50. The molecule has 5 rings (SSSR count). The van der Waals surface area contributed by atoms with Gasteiger partial charge in [0.2, 0.25) is 0 Å². The van der Waals surface area contributed by atoms with Gasteiger partial charge in [0, 0.05) is 41.2 Å². The van der Waals surface area contributed by atoms with Crippen molar-refractivity contribution in [2.75, 3.05) is 17.3 Å². The minimum Gasteiger partial charge on any atom is -0.443 e. The second-order valence-corrected chi connectivity index (χ2v) is 12.6. The van der Waals surface area contributed by atoms with Gasteiger partial charge < -0.3 is 15.0 Å². The number of ether oxygens (including phenoxy) is 1. The molecule has 0 spiro atoms. The molecule has 1 aliphatic carbocycles. The average Bonchev–Trinajstić information content (AvgIpc) is 3.74. The Morgan fingerprint density at radius 1 is 0.955 bits per heavy atom. The van der Waals surface area contributed by atoms with Crippen LogP contribution in [0, 0.1) is 26.7 Å². The van der Waals surface area contributed by atoms with Crippen LogP contribution in [0.3, 0.4) is 0 Å². The van der Waals surface area contributed by atoms with E-state index in [9.17, 15) is 18.4 Å². The number of hydrogen-bond acceptors (Lipinski definition) is 4. The number of aryl methyl sites for hydroxylation is 3. The Bertz CT molecular complexity index is 1710. The molecule has 0 unspecified atom stereocenters. The first kappa shape index (κ1) is 30.9. The van der Waals surface area contributed by atoms with Crippen LogP contribution in [0.2, 0.25) is 0 Å². The highest BCUT2D eigenvalue weighted by molar-refractivity contribution is 6.04. The fourth-order valence-electron chi connectivity index (χ4n) is 5.29. The van der Waals surface area contributed by atoms with Crippen molar-refractivity contribution in [3.63, 3.8) is 0 Å². The third-order valence-electron chi connectivity index (χ3n) is 7.71. The van der Waals surface area contributed by atoms with Gasteiger partial charge in [-0.3, -0.25) is 9.69 Å². The molecule has 1 aliphatic rings. The van der Waals surface area contributed by atoms with Crippen LogP contribution in [-0.2, 0) is 10.7 Å². The van der Waals surface area contributed by atoms with Gasteiger partial charge in [-0.1, -0.05) is 30.3 Å². The zero-order valence-corrected chi connectivity index (χ0v) is 26.1. The number of H-pyrrole nitrogens is 1. The number of aromatic nitrogens is 2. The molecule has 1 fully saturated rings. The number of aromatic amines is 1. The van der Waals surface area contributed by atoms with Crippen LogP contribution in [0.4, 0.5) is 25.0 Å². The largest absolute Gasteiger partial charge is 0.443 e. The van der Waals surface area contributed by atoms with Crippen molar-refractivity contribution >= 4 is 23.4 Å². The van der Waals surface area contributed by atoms with Crippen molar-refractivity contribution in [3.05, 3.63) is 88.7 Å². The normalized spacial score (nSPS) is 13.5. The van der Waals surface area contributed by atoms with Crippen molar-refractivity contribution in [2.24, 2.45) is 5.92 Å². The lowest BCUT2D eigenvalue weighted by Gasteiger charge is -2.25. The molecule has 0 radical (unpaired) electrons. The van der Waals surface area contributed by atoms with Crippen LogP contribution < -0.4 is 10.2 Å². The molecule has 2 N–H and O–H groups in total. The number of nitrogens with one attached hydrogen (secondary N) is 2. The molecule has 7 nitrogen and oxygen atoms in total. The first-order chi connectivity index (χ1) is 20.6. The minimum absolute atomic E-state index is 0.109. The molecule has 3 aromatic carbocycles. The molecule has 230 valence electrons. The quantitative estimate of drug-likeness (QED) is 0.222. The number of nitrogens with zero attached hydrogens (tertiary/aromatic N) is 2. The summed E-state index contributed by atoms with van der Waals surface area (Å²) in [5.74, 6) is -3.67. The summed E-state index contributed by atoms with van der Waals surface area (Å²) in [6.45, 7) is 11.2. The van der Waals surface area contributed by atoms with Gasteiger partial charge >= 0.3 is 6.09 Å². The number of halogens is 2. The highest BCUT2D eigenvalue weighted by atomic mass is 19.3. The van der Waals surface area contributed by atoms with Gasteiger partial charge in [-0.2, -0.15) is 0 Å². The molecule has 0 saturated heterocycles. The first-order valence-corrected chi connectivity index (χ1v) is 14.7. The smallest absolute Gasteiger partial charge is 0.414 e. The fourth-order valence-corrected chi connectivity index (χ4v) is 5.29. The van der Waals surface area contributed by atoms with Crippen molar-refractivity contribution in [2.45, 2.75) is 65.9 Å². The van der Waals surface area contributed by atoms with Gasteiger partial charge in [-0.25, -0.2) is 18.6 Å². The number of benzene rings is 3. The molecule has 44 heavy (non-hydrogen) atoms. The Hall–Kier alpha value is -4.53. The zero-order chi connectivity index (χ0) is 32.0. The fraction of sp³-hybridized carbons (Fsp3) is 0.343. The van der Waals surface area contributed by atoms with Gasteiger partial charge in [0.05, 0.1) is 0 Å². The molecular weight excluding hydrogens is 562 g/mol. The maximum absolute atomic E-state index is 14.7. The zero-order valence-electron chi connectivity index (χ0n) is 26.1. The third kappa shape index (κ3) is 6.51. The van der Waals surface area contributed by atoms with E-state index in [0.29, 0.717) is 35.6 Å². The predicted molar refractivity (Wildman–Crippen MR) is 169 cm³/mol. The summed E-state index contributed by atoms with van der Waals surface area (Å²) < 4.78 is 35.0. The highest BCUT2D eigenvalue weighted by Crippen LogP contribution is 2.50. The minimum atomic E-state index is -2.93. The van der Waals surface area contributed by atoms with E-state index in [1.807, 2.05) is 71.0 Å². The molecule has 0 aliphatic heterocycles. The SMILES string of the molecule is Cc1cccc(C)c1-c1cc(-c2nc(C(=O)Nc3cccc(C(F)(F)C4CC4)c3)c(C)[nH]2)cc(N(C)C(=O)OC(C)(C)C)c1. The molecule has 4 aromatic rings. The number of carbonyl (C=O) groups is 2. The first-order valence-electron chi connectivity index (χ1n) is 14.7. The summed E-state index contributed by atoms with van der Waals surface area (Å²) in [5, 5.41) is 2.73. The molecule has 1 saturated carbocycles. The summed E-state index contributed by atoms with van der Waals surface area (Å²) in [6, 6.07) is 17.6. The van der Waals surface area contributed by atoms with Crippen molar-refractivity contribution in [3.8, 4) is 22.5 Å². The van der Waals surface area contributed by atoms with Crippen molar-refractivity contribution in [1.29, 1.82) is 0 Å². The molecule has 9 heteroatoms. The lowest BCUT2D eigenvalue weighted by atomic mass is 9.94. The summed E-state index contributed by atoms with van der Waals surface area (Å²) in [5.41, 5.74) is 5.41. The number of imidazole rings is 1. The molecule has 1 heterocycles. The number of hydrogen-bond donors (Lipinski definition) is 2. The molecular formula is C35H38F2N4O3. The summed E-state index contributed by atoms with van der Waals surface area (Å²) in [4.78, 5) is 35.6. The summed E-state index contributed by atoms with van der Waals surface area (Å²) in [7, 11) is 1.65. The number of carbonyl (C=O) groups excluding carboxylic acids is 2. The van der Waals surface area contributed by atoms with Crippen LogP contribution in [0.15, 0.2) is 60.7 Å². The Morgan fingerprint density at radius 2 is 1.59 bits per heavy atom. The van der Waals surface area contributed by atoms with E-state index in [1.54, 1.807) is 20.0 Å². The van der Waals surface area contributed by atoms with Crippen molar-refractivity contribution in [1.82, 2.24) is 9.97 Å². The van der Waals surface area contributed by atoms with Gasteiger partial charge in [0.25, 0.3) is 11.8 Å². The van der Waals surface area contributed by atoms with Crippen LogP contribution >= 0.6 is 0 Å². The van der Waals surface area contributed by atoms with E-state index in [4.69, 9.17) is 4.74 Å². The summed E-state index contributed by atoms with van der Waals surface area (Å²) >= 11 is 0. The molecule has 2 amide bonds.